The zero-order valence-corrected chi connectivity index (χ0v) is 26.6. The number of rotatable bonds is 9. The summed E-state index contributed by atoms with van der Waals surface area (Å²) >= 11 is 12.7. The molecule has 8 nitrogen and oxygen atoms in total. The summed E-state index contributed by atoms with van der Waals surface area (Å²) in [6.07, 6.45) is 5.65. The standard InChI is InChI=1S/C36H32Cl2N6O2/c1-22(23-11-13-25(37)14-12-23)44-21-41-32(24-7-3-2-4-8-24)34(44)31-28-16-15-26(38)19-30(28)42-33(31)35(45)43-29-10-6-18-40-36(29)46-20-27-9-5-17-39-27/h2-4,6-8,10-16,18-19,21-22,27,39,42H,5,9,17,20H2,1H3,(H,43,45)/t22-,27-/m0/s1. The molecule has 0 aliphatic carbocycles. The molecule has 232 valence electrons. The SMILES string of the molecule is C[C@@H](c1ccc(Cl)cc1)n1cnc(-c2ccccc2)c1-c1c(C(=O)Nc2cccnc2OC[C@@H]2CCCN2)[nH]c2cc(Cl)ccc12. The Balaban J connectivity index is 1.36. The van der Waals surface area contributed by atoms with Crippen molar-refractivity contribution in [1.82, 2.24) is 24.8 Å². The molecule has 1 aliphatic heterocycles. The van der Waals surface area contributed by atoms with E-state index >= 15 is 0 Å². The van der Waals surface area contributed by atoms with E-state index in [2.05, 4.69) is 32.1 Å². The Morgan fingerprint density at radius 3 is 2.61 bits per heavy atom. The number of H-pyrrole nitrogens is 1. The first-order valence-corrected chi connectivity index (χ1v) is 16.0. The van der Waals surface area contributed by atoms with Gasteiger partial charge in [0.2, 0.25) is 5.88 Å². The lowest BCUT2D eigenvalue weighted by Gasteiger charge is -2.19. The quantitative estimate of drug-likeness (QED) is 0.146. The zero-order valence-electron chi connectivity index (χ0n) is 25.1. The monoisotopic (exact) mass is 650 g/mol. The number of carbonyl (C=O) groups is 1. The second kappa shape index (κ2) is 13.0. The second-order valence-corrected chi connectivity index (χ2v) is 12.3. The molecule has 10 heteroatoms. The van der Waals surface area contributed by atoms with E-state index < -0.39 is 0 Å². The van der Waals surface area contributed by atoms with Gasteiger partial charge in [0.25, 0.3) is 5.91 Å². The van der Waals surface area contributed by atoms with Gasteiger partial charge in [-0.2, -0.15) is 0 Å². The highest BCUT2D eigenvalue weighted by Crippen LogP contribution is 2.41. The van der Waals surface area contributed by atoms with Crippen molar-refractivity contribution in [2.24, 2.45) is 0 Å². The van der Waals surface area contributed by atoms with Crippen LogP contribution in [-0.2, 0) is 0 Å². The molecular weight excluding hydrogens is 619 g/mol. The van der Waals surface area contributed by atoms with Crippen LogP contribution in [0.4, 0.5) is 5.69 Å². The molecule has 0 radical (unpaired) electrons. The molecule has 0 bridgehead atoms. The predicted octanol–water partition coefficient (Wildman–Crippen LogP) is 8.39. The van der Waals surface area contributed by atoms with Gasteiger partial charge < -0.3 is 24.9 Å². The van der Waals surface area contributed by atoms with Gasteiger partial charge in [0.1, 0.15) is 18.0 Å². The van der Waals surface area contributed by atoms with Gasteiger partial charge in [-0.15, -0.1) is 0 Å². The van der Waals surface area contributed by atoms with Crippen molar-refractivity contribution in [3.05, 3.63) is 119 Å². The number of hydrogen-bond donors (Lipinski definition) is 3. The number of nitrogens with zero attached hydrogens (tertiary/aromatic N) is 3. The minimum Gasteiger partial charge on any atom is -0.475 e. The van der Waals surface area contributed by atoms with Crippen molar-refractivity contribution < 1.29 is 9.53 Å². The van der Waals surface area contributed by atoms with Crippen molar-refractivity contribution >= 4 is 45.7 Å². The molecule has 4 heterocycles. The Bertz CT molecular complexity index is 2000. The number of nitrogens with one attached hydrogen (secondary N) is 3. The van der Waals surface area contributed by atoms with Gasteiger partial charge in [-0.05, 0) is 68.3 Å². The highest BCUT2D eigenvalue weighted by molar-refractivity contribution is 6.31. The highest BCUT2D eigenvalue weighted by atomic mass is 35.5. The molecule has 1 saturated heterocycles. The van der Waals surface area contributed by atoms with E-state index in [9.17, 15) is 4.79 Å². The lowest BCUT2D eigenvalue weighted by Crippen LogP contribution is -2.28. The molecular formula is C36H32Cl2N6O2. The van der Waals surface area contributed by atoms with Crippen LogP contribution in [0.3, 0.4) is 0 Å². The van der Waals surface area contributed by atoms with E-state index in [-0.39, 0.29) is 18.0 Å². The number of aromatic amines is 1. The Labute approximate surface area is 276 Å². The predicted molar refractivity (Wildman–Crippen MR) is 184 cm³/mol. The molecule has 2 atom stereocenters. The van der Waals surface area contributed by atoms with Crippen molar-refractivity contribution in [3.8, 4) is 28.4 Å². The first kappa shape index (κ1) is 30.0. The van der Waals surface area contributed by atoms with Crippen LogP contribution >= 0.6 is 23.2 Å². The maximum Gasteiger partial charge on any atom is 0.272 e. The average Bonchev–Trinajstić information content (AvgIpc) is 3.83. The van der Waals surface area contributed by atoms with Crippen molar-refractivity contribution in [3.63, 3.8) is 0 Å². The molecule has 46 heavy (non-hydrogen) atoms. The molecule has 7 rings (SSSR count). The number of imidazole rings is 1. The molecule has 3 aromatic heterocycles. The van der Waals surface area contributed by atoms with Crippen molar-refractivity contribution in [2.75, 3.05) is 18.5 Å². The number of aromatic nitrogens is 4. The van der Waals surface area contributed by atoms with E-state index in [0.29, 0.717) is 39.5 Å². The number of hydrogen-bond acceptors (Lipinski definition) is 5. The van der Waals surface area contributed by atoms with Gasteiger partial charge >= 0.3 is 0 Å². The summed E-state index contributed by atoms with van der Waals surface area (Å²) in [6, 6.07) is 27.0. The van der Waals surface area contributed by atoms with Crippen LogP contribution in [0, 0.1) is 0 Å². The third-order valence-electron chi connectivity index (χ3n) is 8.44. The molecule has 1 fully saturated rings. The molecule has 0 saturated carbocycles. The number of pyridine rings is 1. The van der Waals surface area contributed by atoms with Gasteiger partial charge in [-0.25, -0.2) is 9.97 Å². The molecule has 0 unspecified atom stereocenters. The number of benzene rings is 3. The smallest absolute Gasteiger partial charge is 0.272 e. The Morgan fingerprint density at radius 2 is 1.83 bits per heavy atom. The molecule has 0 spiro atoms. The van der Waals surface area contributed by atoms with Crippen molar-refractivity contribution in [2.45, 2.75) is 31.8 Å². The van der Waals surface area contributed by atoms with E-state index in [1.165, 1.54) is 0 Å². The number of amides is 1. The van der Waals surface area contributed by atoms with Crippen LogP contribution in [-0.4, -0.2) is 44.6 Å². The molecule has 1 aliphatic rings. The summed E-state index contributed by atoms with van der Waals surface area (Å²) in [5.74, 6) is 0.0294. The first-order valence-electron chi connectivity index (χ1n) is 15.3. The van der Waals surface area contributed by atoms with Gasteiger partial charge in [0.05, 0.1) is 23.8 Å². The highest BCUT2D eigenvalue weighted by Gasteiger charge is 2.28. The number of carbonyl (C=O) groups excluding carboxylic acids is 1. The van der Waals surface area contributed by atoms with Crippen LogP contribution < -0.4 is 15.4 Å². The average molecular weight is 652 g/mol. The van der Waals surface area contributed by atoms with Crippen LogP contribution in [0.2, 0.25) is 10.0 Å². The maximum absolute atomic E-state index is 14.3. The van der Waals surface area contributed by atoms with Crippen LogP contribution in [0.5, 0.6) is 5.88 Å². The largest absolute Gasteiger partial charge is 0.475 e. The number of anilines is 1. The van der Waals surface area contributed by atoms with Crippen LogP contribution in [0.25, 0.3) is 33.4 Å². The maximum atomic E-state index is 14.3. The van der Waals surface area contributed by atoms with E-state index in [1.807, 2.05) is 79.1 Å². The Kier molecular flexibility index (Phi) is 8.49. The fraction of sp³-hybridized carbons (Fsp3) is 0.194. The minimum atomic E-state index is -0.343. The first-order chi connectivity index (χ1) is 22.5. The Hall–Kier alpha value is -4.63. The normalized spacial score (nSPS) is 15.2. The van der Waals surface area contributed by atoms with Crippen molar-refractivity contribution in [1.29, 1.82) is 0 Å². The summed E-state index contributed by atoms with van der Waals surface area (Å²) in [6.45, 7) is 3.55. The van der Waals surface area contributed by atoms with Gasteiger partial charge in [-0.1, -0.05) is 71.7 Å². The lowest BCUT2D eigenvalue weighted by molar-refractivity contribution is 0.102. The third-order valence-corrected chi connectivity index (χ3v) is 8.93. The fourth-order valence-electron chi connectivity index (χ4n) is 6.06. The van der Waals surface area contributed by atoms with Crippen LogP contribution in [0.1, 0.15) is 41.9 Å². The summed E-state index contributed by atoms with van der Waals surface area (Å²) in [4.78, 5) is 27.0. The fourth-order valence-corrected chi connectivity index (χ4v) is 6.36. The van der Waals surface area contributed by atoms with Gasteiger partial charge in [0.15, 0.2) is 0 Å². The number of ether oxygens (including phenoxy) is 1. The second-order valence-electron chi connectivity index (χ2n) is 11.4. The summed E-state index contributed by atoms with van der Waals surface area (Å²) in [5.41, 5.74) is 5.81. The third kappa shape index (κ3) is 5.99. The molecule has 3 aromatic carbocycles. The van der Waals surface area contributed by atoms with Crippen LogP contribution in [0.15, 0.2) is 97.5 Å². The number of halogens is 2. The topological polar surface area (TPSA) is 96.9 Å². The summed E-state index contributed by atoms with van der Waals surface area (Å²) in [7, 11) is 0. The summed E-state index contributed by atoms with van der Waals surface area (Å²) < 4.78 is 8.18. The minimum absolute atomic E-state index is 0.132. The van der Waals surface area contributed by atoms with E-state index in [0.717, 1.165) is 52.8 Å². The molecule has 1 amide bonds. The molecule has 6 aromatic rings. The van der Waals surface area contributed by atoms with E-state index in [1.54, 1.807) is 18.3 Å². The number of fused-ring (bicyclic) bond motifs is 1. The Morgan fingerprint density at radius 1 is 1.02 bits per heavy atom. The van der Waals surface area contributed by atoms with E-state index in [4.69, 9.17) is 32.9 Å². The zero-order chi connectivity index (χ0) is 31.6. The molecule has 3 N–H and O–H groups in total. The van der Waals surface area contributed by atoms with Gasteiger partial charge in [0, 0.05) is 44.3 Å². The summed E-state index contributed by atoms with van der Waals surface area (Å²) in [5, 5.41) is 8.56. The van der Waals surface area contributed by atoms with Gasteiger partial charge in [-0.3, -0.25) is 4.79 Å². The lowest BCUT2D eigenvalue weighted by atomic mass is 9.99.